The molecule has 2 heterocycles. The van der Waals surface area contributed by atoms with E-state index in [4.69, 9.17) is 20.8 Å². The fraction of sp³-hybridized carbons (Fsp3) is 0.375. The second kappa shape index (κ2) is 8.91. The fourth-order valence-electron chi connectivity index (χ4n) is 4.14. The van der Waals surface area contributed by atoms with Crippen LogP contribution in [-0.2, 0) is 12.7 Å². The smallest absolute Gasteiger partial charge is 0.453 e. The number of fused-ring (bicyclic) bond motifs is 1. The lowest BCUT2D eigenvalue weighted by molar-refractivity contribution is -0.154. The average molecular weight is 482 g/mol. The number of phenols is 1. The Morgan fingerprint density at radius 1 is 1.12 bits per heavy atom. The monoisotopic (exact) mass is 481 g/mol. The maximum atomic E-state index is 14.0. The lowest BCUT2D eigenvalue weighted by Gasteiger charge is -2.27. The van der Waals surface area contributed by atoms with E-state index in [-0.39, 0.29) is 34.6 Å². The maximum Gasteiger partial charge on any atom is 0.453 e. The van der Waals surface area contributed by atoms with E-state index in [2.05, 4.69) is 0 Å². The molecule has 3 aromatic rings. The van der Waals surface area contributed by atoms with Crippen molar-refractivity contribution in [3.05, 3.63) is 62.0 Å². The van der Waals surface area contributed by atoms with Gasteiger partial charge in [0.25, 0.3) is 5.76 Å². The third-order valence-electron chi connectivity index (χ3n) is 5.81. The van der Waals surface area contributed by atoms with Crippen molar-refractivity contribution >= 4 is 22.6 Å². The summed E-state index contributed by atoms with van der Waals surface area (Å²) in [5.74, 6) is -2.68. The first kappa shape index (κ1) is 23.4. The molecule has 1 aliphatic heterocycles. The number of alkyl halides is 3. The number of likely N-dealkylation sites (tertiary alicyclic amines) is 1. The Labute approximate surface area is 193 Å². The summed E-state index contributed by atoms with van der Waals surface area (Å²) in [5, 5.41) is 10.8. The van der Waals surface area contributed by atoms with Crippen molar-refractivity contribution in [3.63, 3.8) is 0 Å². The third kappa shape index (κ3) is 4.68. The SMILES string of the molecule is Cc1cc(Oc2c(C(F)(F)F)oc3c(CN4CCCCC4)c(O)ccc3c2=O)cc(C)c1Cl. The summed E-state index contributed by atoms with van der Waals surface area (Å²) in [5.41, 5.74) is 0.0995. The maximum absolute atomic E-state index is 14.0. The molecule has 1 aromatic heterocycles. The lowest BCUT2D eigenvalue weighted by atomic mass is 10.1. The quantitative estimate of drug-likeness (QED) is 0.457. The first-order chi connectivity index (χ1) is 15.6. The van der Waals surface area contributed by atoms with Crippen LogP contribution >= 0.6 is 11.6 Å². The molecular weight excluding hydrogens is 459 g/mol. The molecule has 1 saturated heterocycles. The van der Waals surface area contributed by atoms with Crippen molar-refractivity contribution in [1.29, 1.82) is 0 Å². The fourth-order valence-corrected chi connectivity index (χ4v) is 4.25. The van der Waals surface area contributed by atoms with E-state index in [1.807, 2.05) is 4.90 Å². The molecule has 0 amide bonds. The van der Waals surface area contributed by atoms with Crippen molar-refractivity contribution in [2.24, 2.45) is 0 Å². The Balaban J connectivity index is 1.88. The number of nitrogens with zero attached hydrogens (tertiary/aromatic N) is 1. The summed E-state index contributed by atoms with van der Waals surface area (Å²) in [6.07, 6.45) is -1.99. The van der Waals surface area contributed by atoms with E-state index >= 15 is 0 Å². The van der Waals surface area contributed by atoms with Crippen LogP contribution < -0.4 is 10.2 Å². The van der Waals surface area contributed by atoms with E-state index in [9.17, 15) is 23.1 Å². The summed E-state index contributed by atoms with van der Waals surface area (Å²) < 4.78 is 52.6. The van der Waals surface area contributed by atoms with Crippen LogP contribution in [0.1, 0.15) is 41.7 Å². The number of aryl methyl sites for hydroxylation is 2. The van der Waals surface area contributed by atoms with Crippen molar-refractivity contribution in [2.75, 3.05) is 13.1 Å². The van der Waals surface area contributed by atoms with E-state index in [0.29, 0.717) is 16.1 Å². The van der Waals surface area contributed by atoms with Gasteiger partial charge in [0.1, 0.15) is 17.1 Å². The topological polar surface area (TPSA) is 62.9 Å². The molecule has 33 heavy (non-hydrogen) atoms. The van der Waals surface area contributed by atoms with Crippen LogP contribution in [0.3, 0.4) is 0 Å². The van der Waals surface area contributed by atoms with Gasteiger partial charge in [0, 0.05) is 11.6 Å². The molecule has 5 nitrogen and oxygen atoms in total. The molecule has 0 bridgehead atoms. The van der Waals surface area contributed by atoms with Gasteiger partial charge in [-0.3, -0.25) is 9.69 Å². The summed E-state index contributed by atoms with van der Waals surface area (Å²) in [7, 11) is 0. The number of ether oxygens (including phenoxy) is 1. The molecule has 176 valence electrons. The van der Waals surface area contributed by atoms with Gasteiger partial charge in [0.2, 0.25) is 11.2 Å². The minimum atomic E-state index is -4.99. The Morgan fingerprint density at radius 3 is 2.36 bits per heavy atom. The first-order valence-electron chi connectivity index (χ1n) is 10.6. The highest BCUT2D eigenvalue weighted by Crippen LogP contribution is 2.40. The molecule has 0 saturated carbocycles. The van der Waals surface area contributed by atoms with Gasteiger partial charge in [0.05, 0.1) is 10.9 Å². The number of hydrogen-bond donors (Lipinski definition) is 1. The molecule has 2 aromatic carbocycles. The molecule has 9 heteroatoms. The molecule has 1 fully saturated rings. The van der Waals surface area contributed by atoms with Crippen LogP contribution in [0.4, 0.5) is 13.2 Å². The van der Waals surface area contributed by atoms with Gasteiger partial charge in [-0.15, -0.1) is 0 Å². The summed E-state index contributed by atoms with van der Waals surface area (Å²) in [4.78, 5) is 15.2. The van der Waals surface area contributed by atoms with Crippen molar-refractivity contribution in [2.45, 2.75) is 45.8 Å². The van der Waals surface area contributed by atoms with Crippen LogP contribution in [0.5, 0.6) is 17.2 Å². The van der Waals surface area contributed by atoms with E-state index in [1.165, 1.54) is 24.3 Å². The van der Waals surface area contributed by atoms with E-state index < -0.39 is 23.1 Å². The highest BCUT2D eigenvalue weighted by Gasteiger charge is 2.41. The Hall–Kier alpha value is -2.71. The molecule has 0 aliphatic carbocycles. The van der Waals surface area contributed by atoms with Gasteiger partial charge >= 0.3 is 6.18 Å². The highest BCUT2D eigenvalue weighted by atomic mass is 35.5. The van der Waals surface area contributed by atoms with E-state index in [1.54, 1.807) is 13.8 Å². The number of rotatable bonds is 4. The summed E-state index contributed by atoms with van der Waals surface area (Å²) in [6.45, 7) is 5.06. The number of piperidine rings is 1. The van der Waals surface area contributed by atoms with Gasteiger partial charge in [0.15, 0.2) is 0 Å². The summed E-state index contributed by atoms with van der Waals surface area (Å²) in [6, 6.07) is 5.46. The van der Waals surface area contributed by atoms with Crippen LogP contribution in [0.15, 0.2) is 33.5 Å². The summed E-state index contributed by atoms with van der Waals surface area (Å²) >= 11 is 6.13. The van der Waals surface area contributed by atoms with Crippen LogP contribution in [-0.4, -0.2) is 23.1 Å². The predicted octanol–water partition coefficient (Wildman–Crippen LogP) is 6.57. The standard InChI is InChI=1S/C24H23ClF3NO4/c1-13-10-15(11-14(2)19(13)25)32-22-20(31)16-6-7-18(30)17(12-29-8-4-3-5-9-29)21(16)33-23(22)24(26,27)28/h6-7,10-11,30H,3-5,8-9,12H2,1-2H3. The molecule has 4 rings (SSSR count). The lowest BCUT2D eigenvalue weighted by Crippen LogP contribution is -2.29. The zero-order valence-electron chi connectivity index (χ0n) is 18.2. The molecule has 1 N–H and O–H groups in total. The number of benzene rings is 2. The highest BCUT2D eigenvalue weighted by molar-refractivity contribution is 6.32. The predicted molar refractivity (Wildman–Crippen MR) is 119 cm³/mol. The molecule has 0 unspecified atom stereocenters. The number of hydrogen-bond acceptors (Lipinski definition) is 5. The normalized spacial score (nSPS) is 15.2. The van der Waals surface area contributed by atoms with E-state index in [0.717, 1.165) is 32.4 Å². The van der Waals surface area contributed by atoms with Gasteiger partial charge in [-0.1, -0.05) is 18.0 Å². The number of aromatic hydroxyl groups is 1. The second-order valence-electron chi connectivity index (χ2n) is 8.34. The zero-order chi connectivity index (χ0) is 23.9. The van der Waals surface area contributed by atoms with Crippen LogP contribution in [0, 0.1) is 13.8 Å². The largest absolute Gasteiger partial charge is 0.507 e. The molecule has 1 aliphatic rings. The molecule has 0 radical (unpaired) electrons. The van der Waals surface area contributed by atoms with Crippen molar-refractivity contribution in [3.8, 4) is 17.2 Å². The number of halogens is 4. The van der Waals surface area contributed by atoms with Crippen LogP contribution in [0.2, 0.25) is 5.02 Å². The average Bonchev–Trinajstić information content (AvgIpc) is 2.75. The molecule has 0 spiro atoms. The second-order valence-corrected chi connectivity index (χ2v) is 8.72. The van der Waals surface area contributed by atoms with Gasteiger partial charge < -0.3 is 14.3 Å². The minimum absolute atomic E-state index is 0.0406. The zero-order valence-corrected chi connectivity index (χ0v) is 18.9. The van der Waals surface area contributed by atoms with Gasteiger partial charge in [-0.05, 0) is 75.2 Å². The first-order valence-corrected chi connectivity index (χ1v) is 11.0. The number of phenolic OH excluding ortho intramolecular Hbond substituents is 1. The Kier molecular flexibility index (Phi) is 6.33. The van der Waals surface area contributed by atoms with Crippen LogP contribution in [0.25, 0.3) is 11.0 Å². The van der Waals surface area contributed by atoms with Gasteiger partial charge in [-0.25, -0.2) is 0 Å². The molecule has 0 atom stereocenters. The third-order valence-corrected chi connectivity index (χ3v) is 6.41. The van der Waals surface area contributed by atoms with Gasteiger partial charge in [-0.2, -0.15) is 13.2 Å². The Morgan fingerprint density at radius 2 is 1.76 bits per heavy atom. The minimum Gasteiger partial charge on any atom is -0.507 e. The van der Waals surface area contributed by atoms with Crippen molar-refractivity contribution in [1.82, 2.24) is 4.90 Å². The van der Waals surface area contributed by atoms with Crippen molar-refractivity contribution < 1.29 is 27.4 Å². The molecular formula is C24H23ClF3NO4. The Bertz CT molecular complexity index is 1240.